The number of aromatic nitrogens is 3. The van der Waals surface area contributed by atoms with Gasteiger partial charge in [-0.15, -0.1) is 12.4 Å². The van der Waals surface area contributed by atoms with E-state index < -0.39 is 0 Å². The van der Waals surface area contributed by atoms with Crippen LogP contribution in [0.5, 0.6) is 0 Å². The molecule has 2 aromatic heterocycles. The molecule has 3 heterocycles. The number of benzene rings is 1. The van der Waals surface area contributed by atoms with Crippen LogP contribution in [-0.2, 0) is 6.54 Å². The van der Waals surface area contributed by atoms with E-state index in [1.807, 2.05) is 36.8 Å². The van der Waals surface area contributed by atoms with Crippen molar-refractivity contribution in [1.29, 1.82) is 0 Å². The van der Waals surface area contributed by atoms with Gasteiger partial charge in [-0.3, -0.25) is 9.88 Å². The highest BCUT2D eigenvalue weighted by atomic mass is 79.9. The topological polar surface area (TPSA) is 56.8 Å². The normalized spacial score (nSPS) is 17.7. The quantitative estimate of drug-likeness (QED) is 0.656. The van der Waals surface area contributed by atoms with Crippen LogP contribution in [0.25, 0.3) is 11.3 Å². The molecule has 5 nitrogen and oxygen atoms in total. The number of piperazine rings is 1. The van der Waals surface area contributed by atoms with E-state index in [0.717, 1.165) is 47.7 Å². The molecule has 1 aliphatic heterocycles. The summed E-state index contributed by atoms with van der Waals surface area (Å²) < 4.78 is 1.07. The molecule has 1 aromatic carbocycles. The molecule has 2 N–H and O–H groups in total. The lowest BCUT2D eigenvalue weighted by molar-refractivity contribution is 0.150. The molecule has 1 aliphatic rings. The standard InChI is InChI=1S/C19H20BrN5.ClH/c20-16-5-1-3-14(9-16)17-11-23-19(24-17)13-25-8-7-22-12-18(25)15-4-2-6-21-10-15;/h1-6,9-11,18,22H,7-8,12-13H2,(H,23,24);1H. The minimum absolute atomic E-state index is 0. The molecule has 26 heavy (non-hydrogen) atoms. The lowest BCUT2D eigenvalue weighted by atomic mass is 10.1. The SMILES string of the molecule is Brc1cccc(-c2cnc(CN3CCNCC3c3cccnc3)[nH]2)c1.Cl. The average Bonchev–Trinajstić information content (AvgIpc) is 3.12. The van der Waals surface area contributed by atoms with Gasteiger partial charge in [0.15, 0.2) is 0 Å². The summed E-state index contributed by atoms with van der Waals surface area (Å²) in [5, 5.41) is 3.48. The second-order valence-corrected chi connectivity index (χ2v) is 7.15. The van der Waals surface area contributed by atoms with Crippen LogP contribution < -0.4 is 5.32 Å². The smallest absolute Gasteiger partial charge is 0.120 e. The van der Waals surface area contributed by atoms with Crippen molar-refractivity contribution in [3.05, 3.63) is 70.8 Å². The molecule has 1 atom stereocenters. The number of halogens is 2. The van der Waals surface area contributed by atoms with Crippen LogP contribution in [0.3, 0.4) is 0 Å². The lowest BCUT2D eigenvalue weighted by Gasteiger charge is -2.35. The fraction of sp³-hybridized carbons (Fsp3) is 0.263. The van der Waals surface area contributed by atoms with Gasteiger partial charge in [0.1, 0.15) is 5.82 Å². The minimum Gasteiger partial charge on any atom is -0.341 e. The van der Waals surface area contributed by atoms with Gasteiger partial charge in [-0.2, -0.15) is 0 Å². The monoisotopic (exact) mass is 433 g/mol. The van der Waals surface area contributed by atoms with Gasteiger partial charge in [0, 0.05) is 48.1 Å². The third-order valence-electron chi connectivity index (χ3n) is 4.54. The molecule has 7 heteroatoms. The molecule has 1 unspecified atom stereocenters. The number of H-pyrrole nitrogens is 1. The van der Waals surface area contributed by atoms with Crippen molar-refractivity contribution in [2.75, 3.05) is 19.6 Å². The Morgan fingerprint density at radius 1 is 1.19 bits per heavy atom. The van der Waals surface area contributed by atoms with Crippen molar-refractivity contribution in [3.63, 3.8) is 0 Å². The summed E-state index contributed by atoms with van der Waals surface area (Å²) in [6, 6.07) is 12.7. The first-order chi connectivity index (χ1) is 12.3. The highest BCUT2D eigenvalue weighted by Gasteiger charge is 2.24. The number of aromatic amines is 1. The number of pyridine rings is 1. The van der Waals surface area contributed by atoms with Crippen molar-refractivity contribution >= 4 is 28.3 Å². The molecule has 1 fully saturated rings. The lowest BCUT2D eigenvalue weighted by Crippen LogP contribution is -2.45. The van der Waals surface area contributed by atoms with E-state index in [1.165, 1.54) is 5.56 Å². The molecular weight excluding hydrogens is 414 g/mol. The number of hydrogen-bond donors (Lipinski definition) is 2. The van der Waals surface area contributed by atoms with Crippen LogP contribution in [-0.4, -0.2) is 39.5 Å². The van der Waals surface area contributed by atoms with E-state index in [2.05, 4.69) is 59.3 Å². The summed E-state index contributed by atoms with van der Waals surface area (Å²) in [4.78, 5) is 14.8. The van der Waals surface area contributed by atoms with E-state index >= 15 is 0 Å². The average molecular weight is 435 g/mol. The first-order valence-electron chi connectivity index (χ1n) is 8.44. The Bertz CT molecular complexity index is 839. The molecule has 0 radical (unpaired) electrons. The maximum Gasteiger partial charge on any atom is 0.120 e. The van der Waals surface area contributed by atoms with Crippen LogP contribution in [0.1, 0.15) is 17.4 Å². The van der Waals surface area contributed by atoms with E-state index in [9.17, 15) is 0 Å². The summed E-state index contributed by atoms with van der Waals surface area (Å²) in [5.74, 6) is 0.991. The fourth-order valence-electron chi connectivity index (χ4n) is 3.28. The number of imidazole rings is 1. The summed E-state index contributed by atoms with van der Waals surface area (Å²) in [6.07, 6.45) is 5.69. The second kappa shape index (κ2) is 8.77. The molecule has 3 aromatic rings. The maximum absolute atomic E-state index is 4.60. The molecule has 0 bridgehead atoms. The zero-order chi connectivity index (χ0) is 17.1. The summed E-state index contributed by atoms with van der Waals surface area (Å²) in [6.45, 7) is 3.72. The molecule has 0 spiro atoms. The predicted molar refractivity (Wildman–Crippen MR) is 109 cm³/mol. The van der Waals surface area contributed by atoms with Gasteiger partial charge < -0.3 is 10.3 Å². The minimum atomic E-state index is 0. The molecule has 136 valence electrons. The van der Waals surface area contributed by atoms with Crippen molar-refractivity contribution in [2.24, 2.45) is 0 Å². The Morgan fingerprint density at radius 3 is 2.92 bits per heavy atom. The number of hydrogen-bond acceptors (Lipinski definition) is 4. The molecule has 0 amide bonds. The fourth-order valence-corrected chi connectivity index (χ4v) is 3.67. The molecule has 4 rings (SSSR count). The summed E-state index contributed by atoms with van der Waals surface area (Å²) >= 11 is 3.52. The zero-order valence-electron chi connectivity index (χ0n) is 14.2. The Morgan fingerprint density at radius 2 is 2.12 bits per heavy atom. The van der Waals surface area contributed by atoms with Gasteiger partial charge >= 0.3 is 0 Å². The van der Waals surface area contributed by atoms with Crippen molar-refractivity contribution in [3.8, 4) is 11.3 Å². The van der Waals surface area contributed by atoms with Gasteiger partial charge in [0.05, 0.1) is 18.4 Å². The van der Waals surface area contributed by atoms with Gasteiger partial charge in [-0.25, -0.2) is 4.98 Å². The third-order valence-corrected chi connectivity index (χ3v) is 5.03. The van der Waals surface area contributed by atoms with Crippen LogP contribution in [0.2, 0.25) is 0 Å². The van der Waals surface area contributed by atoms with Gasteiger partial charge in [-0.05, 0) is 23.8 Å². The predicted octanol–water partition coefficient (Wildman–Crippen LogP) is 3.80. The largest absolute Gasteiger partial charge is 0.341 e. The summed E-state index contributed by atoms with van der Waals surface area (Å²) in [7, 11) is 0. The highest BCUT2D eigenvalue weighted by molar-refractivity contribution is 9.10. The number of rotatable bonds is 4. The van der Waals surface area contributed by atoms with Gasteiger partial charge in [0.2, 0.25) is 0 Å². The molecule has 1 saturated heterocycles. The van der Waals surface area contributed by atoms with E-state index in [4.69, 9.17) is 0 Å². The van der Waals surface area contributed by atoms with E-state index in [0.29, 0.717) is 6.04 Å². The molecular formula is C19H21BrClN5. The number of nitrogens with zero attached hydrogens (tertiary/aromatic N) is 3. The number of nitrogens with one attached hydrogen (secondary N) is 2. The second-order valence-electron chi connectivity index (χ2n) is 6.23. The first kappa shape index (κ1) is 19.0. The van der Waals surface area contributed by atoms with Crippen molar-refractivity contribution in [1.82, 2.24) is 25.2 Å². The van der Waals surface area contributed by atoms with Crippen molar-refractivity contribution < 1.29 is 0 Å². The van der Waals surface area contributed by atoms with Crippen LogP contribution in [0.15, 0.2) is 59.5 Å². The van der Waals surface area contributed by atoms with E-state index in [1.54, 1.807) is 0 Å². The molecule has 0 aliphatic carbocycles. The van der Waals surface area contributed by atoms with Crippen molar-refractivity contribution in [2.45, 2.75) is 12.6 Å². The molecule has 0 saturated carbocycles. The Kier molecular flexibility index (Phi) is 6.43. The van der Waals surface area contributed by atoms with Gasteiger partial charge in [0.25, 0.3) is 0 Å². The van der Waals surface area contributed by atoms with Crippen LogP contribution in [0, 0.1) is 0 Å². The first-order valence-corrected chi connectivity index (χ1v) is 9.23. The Hall–Kier alpha value is -1.73. The van der Waals surface area contributed by atoms with Crippen LogP contribution in [0.4, 0.5) is 0 Å². The van der Waals surface area contributed by atoms with Crippen LogP contribution >= 0.6 is 28.3 Å². The Labute approximate surface area is 167 Å². The third kappa shape index (κ3) is 4.32. The maximum atomic E-state index is 4.60. The van der Waals surface area contributed by atoms with E-state index in [-0.39, 0.29) is 12.4 Å². The summed E-state index contributed by atoms with van der Waals surface area (Å²) in [5.41, 5.74) is 3.43. The van der Waals surface area contributed by atoms with Gasteiger partial charge in [-0.1, -0.05) is 34.1 Å². The zero-order valence-corrected chi connectivity index (χ0v) is 16.6. The highest BCUT2D eigenvalue weighted by Crippen LogP contribution is 2.25. The Balaban J connectivity index is 0.00000196.